The number of hydrogen-bond donors (Lipinski definition) is 1. The normalized spacial score (nSPS) is 14.1. The first-order valence-electron chi connectivity index (χ1n) is 10.4. The number of rotatable bonds is 7. The summed E-state index contributed by atoms with van der Waals surface area (Å²) in [5.74, 6) is 0.244. The number of carbonyl (C=O) groups excluding carboxylic acids is 2. The van der Waals surface area contributed by atoms with Gasteiger partial charge in [0.2, 0.25) is 11.8 Å². The average molecular weight is 422 g/mol. The number of para-hydroxylation sites is 1. The van der Waals surface area contributed by atoms with Crippen molar-refractivity contribution in [3.63, 3.8) is 0 Å². The van der Waals surface area contributed by atoms with E-state index in [1.807, 2.05) is 35.4 Å². The zero-order valence-electron chi connectivity index (χ0n) is 17.5. The molecule has 0 bridgehead atoms. The summed E-state index contributed by atoms with van der Waals surface area (Å²) >= 11 is 0. The van der Waals surface area contributed by atoms with E-state index >= 15 is 0 Å². The topological polar surface area (TPSA) is 87.8 Å². The number of amides is 2. The minimum absolute atomic E-state index is 0.0711. The number of ether oxygens (including phenoxy) is 2. The fourth-order valence-electron chi connectivity index (χ4n) is 3.77. The largest absolute Gasteiger partial charge is 0.475 e. The molecule has 3 aromatic rings. The third-order valence-corrected chi connectivity index (χ3v) is 5.46. The molecule has 0 saturated carbocycles. The number of piperazine rings is 1. The van der Waals surface area contributed by atoms with Gasteiger partial charge >= 0.3 is 0 Å². The lowest BCUT2D eigenvalue weighted by molar-refractivity contribution is -0.131. The molecule has 0 atom stereocenters. The number of nitrogens with zero attached hydrogens (tertiary/aromatic N) is 3. The Morgan fingerprint density at radius 3 is 2.61 bits per heavy atom. The highest BCUT2D eigenvalue weighted by Gasteiger charge is 2.27. The van der Waals surface area contributed by atoms with E-state index in [1.54, 1.807) is 30.3 Å². The third kappa shape index (κ3) is 4.69. The van der Waals surface area contributed by atoms with Crippen molar-refractivity contribution in [1.82, 2.24) is 19.8 Å². The lowest BCUT2D eigenvalue weighted by Crippen LogP contribution is -2.51. The molecule has 31 heavy (non-hydrogen) atoms. The van der Waals surface area contributed by atoms with Crippen molar-refractivity contribution in [2.24, 2.45) is 0 Å². The van der Waals surface area contributed by atoms with Gasteiger partial charge in [-0.2, -0.15) is 0 Å². The van der Waals surface area contributed by atoms with E-state index in [2.05, 4.69) is 9.97 Å². The van der Waals surface area contributed by atoms with Crippen molar-refractivity contribution in [2.45, 2.75) is 6.42 Å². The molecule has 1 aromatic carbocycles. The monoisotopic (exact) mass is 422 g/mol. The van der Waals surface area contributed by atoms with E-state index in [0.717, 1.165) is 16.5 Å². The number of aromatic amines is 1. The van der Waals surface area contributed by atoms with Crippen LogP contribution >= 0.6 is 0 Å². The molecule has 1 fully saturated rings. The second-order valence-electron chi connectivity index (χ2n) is 7.41. The Kier molecular flexibility index (Phi) is 6.47. The van der Waals surface area contributed by atoms with Crippen LogP contribution in [0.5, 0.6) is 5.88 Å². The van der Waals surface area contributed by atoms with Crippen molar-refractivity contribution < 1.29 is 19.1 Å². The van der Waals surface area contributed by atoms with E-state index in [1.165, 1.54) is 0 Å². The molecule has 3 heterocycles. The predicted octanol–water partition coefficient (Wildman–Crippen LogP) is 2.12. The summed E-state index contributed by atoms with van der Waals surface area (Å²) in [6.07, 6.45) is 3.84. The van der Waals surface area contributed by atoms with Gasteiger partial charge in [0.1, 0.15) is 12.2 Å². The average Bonchev–Trinajstić information content (AvgIpc) is 3.22. The number of hydrogen-bond acceptors (Lipinski definition) is 5. The van der Waals surface area contributed by atoms with Gasteiger partial charge in [0.05, 0.1) is 13.0 Å². The summed E-state index contributed by atoms with van der Waals surface area (Å²) in [4.78, 5) is 36.8. The fraction of sp³-hybridized carbons (Fsp3) is 0.348. The van der Waals surface area contributed by atoms with E-state index in [9.17, 15) is 9.59 Å². The second kappa shape index (κ2) is 9.61. The van der Waals surface area contributed by atoms with Crippen LogP contribution in [0.3, 0.4) is 0 Å². The number of carbonyl (C=O) groups is 2. The molecule has 0 radical (unpaired) electrons. The number of aromatic nitrogens is 2. The van der Waals surface area contributed by atoms with Crippen molar-refractivity contribution in [3.8, 4) is 5.88 Å². The number of H-pyrrole nitrogens is 1. The highest BCUT2D eigenvalue weighted by molar-refractivity contribution is 5.96. The molecule has 1 saturated heterocycles. The van der Waals surface area contributed by atoms with Crippen LogP contribution in [0, 0.1) is 0 Å². The SMILES string of the molecule is COCCOc1ncccc1C(=O)N1CCN(C(=O)Cc2c[nH]c3ccccc23)CC1. The maximum Gasteiger partial charge on any atom is 0.259 e. The van der Waals surface area contributed by atoms with Gasteiger partial charge in [-0.25, -0.2) is 4.98 Å². The summed E-state index contributed by atoms with van der Waals surface area (Å²) in [7, 11) is 1.59. The van der Waals surface area contributed by atoms with Gasteiger partial charge in [-0.15, -0.1) is 0 Å². The van der Waals surface area contributed by atoms with Crippen LogP contribution in [0.4, 0.5) is 0 Å². The summed E-state index contributed by atoms with van der Waals surface area (Å²) in [5.41, 5.74) is 2.45. The van der Waals surface area contributed by atoms with Crippen LogP contribution in [0.2, 0.25) is 0 Å². The Morgan fingerprint density at radius 1 is 1.03 bits per heavy atom. The third-order valence-electron chi connectivity index (χ3n) is 5.46. The van der Waals surface area contributed by atoms with Gasteiger partial charge in [0.25, 0.3) is 5.91 Å². The molecule has 8 heteroatoms. The highest BCUT2D eigenvalue weighted by atomic mass is 16.5. The smallest absolute Gasteiger partial charge is 0.259 e. The molecule has 2 amide bonds. The first kappa shape index (κ1) is 20.9. The molecule has 4 rings (SSSR count). The molecule has 1 aliphatic heterocycles. The Bertz CT molecular complexity index is 1060. The standard InChI is InChI=1S/C23H26N4O4/c1-30-13-14-31-22-19(6-4-8-24-22)23(29)27-11-9-26(10-12-27)21(28)15-17-16-25-20-7-3-2-5-18(17)20/h2-8,16,25H,9-15H2,1H3. The van der Waals surface area contributed by atoms with Crippen LogP contribution in [0.25, 0.3) is 10.9 Å². The van der Waals surface area contributed by atoms with E-state index in [4.69, 9.17) is 9.47 Å². The molecule has 0 spiro atoms. The van der Waals surface area contributed by atoms with Crippen LogP contribution in [0.1, 0.15) is 15.9 Å². The molecular weight excluding hydrogens is 396 g/mol. The fourth-order valence-corrected chi connectivity index (χ4v) is 3.77. The van der Waals surface area contributed by atoms with Gasteiger partial charge < -0.3 is 24.3 Å². The van der Waals surface area contributed by atoms with Crippen LogP contribution < -0.4 is 4.74 Å². The number of fused-ring (bicyclic) bond motifs is 1. The van der Waals surface area contributed by atoms with Gasteiger partial charge in [-0.3, -0.25) is 9.59 Å². The molecule has 0 aliphatic carbocycles. The van der Waals surface area contributed by atoms with Gasteiger partial charge in [0, 0.05) is 56.6 Å². The maximum absolute atomic E-state index is 13.0. The van der Waals surface area contributed by atoms with Gasteiger partial charge in [-0.05, 0) is 23.8 Å². The van der Waals surface area contributed by atoms with E-state index in [0.29, 0.717) is 57.3 Å². The molecule has 2 aromatic heterocycles. The molecule has 162 valence electrons. The van der Waals surface area contributed by atoms with Crippen LogP contribution in [0.15, 0.2) is 48.8 Å². The number of pyridine rings is 1. The number of benzene rings is 1. The summed E-state index contributed by atoms with van der Waals surface area (Å²) in [5, 5.41) is 1.07. The number of methoxy groups -OCH3 is 1. The van der Waals surface area contributed by atoms with Crippen molar-refractivity contribution in [2.75, 3.05) is 46.5 Å². The first-order valence-corrected chi connectivity index (χ1v) is 10.4. The first-order chi connectivity index (χ1) is 15.2. The lowest BCUT2D eigenvalue weighted by atomic mass is 10.1. The second-order valence-corrected chi connectivity index (χ2v) is 7.41. The minimum atomic E-state index is -0.135. The van der Waals surface area contributed by atoms with Crippen LogP contribution in [-0.2, 0) is 16.0 Å². The summed E-state index contributed by atoms with van der Waals surface area (Å²) in [6.45, 7) is 2.71. The maximum atomic E-state index is 13.0. The Labute approximate surface area is 180 Å². The quantitative estimate of drug-likeness (QED) is 0.590. The molecule has 0 unspecified atom stereocenters. The van der Waals surface area contributed by atoms with Crippen molar-refractivity contribution >= 4 is 22.7 Å². The molecule has 1 aliphatic rings. The minimum Gasteiger partial charge on any atom is -0.475 e. The molecule has 8 nitrogen and oxygen atoms in total. The zero-order chi connectivity index (χ0) is 21.6. The summed E-state index contributed by atoms with van der Waals surface area (Å²) < 4.78 is 10.6. The number of nitrogens with one attached hydrogen (secondary N) is 1. The Morgan fingerprint density at radius 2 is 1.81 bits per heavy atom. The van der Waals surface area contributed by atoms with Gasteiger partial charge in [-0.1, -0.05) is 18.2 Å². The van der Waals surface area contributed by atoms with E-state index < -0.39 is 0 Å². The lowest BCUT2D eigenvalue weighted by Gasteiger charge is -2.35. The zero-order valence-corrected chi connectivity index (χ0v) is 17.5. The highest BCUT2D eigenvalue weighted by Crippen LogP contribution is 2.20. The Balaban J connectivity index is 1.35. The van der Waals surface area contributed by atoms with E-state index in [-0.39, 0.29) is 11.8 Å². The summed E-state index contributed by atoms with van der Waals surface area (Å²) in [6, 6.07) is 11.4. The molecular formula is C23H26N4O4. The van der Waals surface area contributed by atoms with Crippen LogP contribution in [-0.4, -0.2) is 78.1 Å². The predicted molar refractivity (Wildman–Crippen MR) is 116 cm³/mol. The molecule has 1 N–H and O–H groups in total. The van der Waals surface area contributed by atoms with Crippen molar-refractivity contribution in [3.05, 3.63) is 59.9 Å². The van der Waals surface area contributed by atoms with Gasteiger partial charge in [0.15, 0.2) is 0 Å². The Hall–Kier alpha value is -3.39. The van der Waals surface area contributed by atoms with Crippen molar-refractivity contribution in [1.29, 1.82) is 0 Å².